The minimum absolute atomic E-state index is 0.0139. The highest BCUT2D eigenvalue weighted by molar-refractivity contribution is 6.06. The zero-order valence-corrected chi connectivity index (χ0v) is 18.8. The van der Waals surface area contributed by atoms with Gasteiger partial charge in [-0.05, 0) is 42.7 Å². The Balaban J connectivity index is 1.35. The van der Waals surface area contributed by atoms with Crippen molar-refractivity contribution in [2.75, 3.05) is 23.3 Å². The van der Waals surface area contributed by atoms with E-state index in [1.54, 1.807) is 0 Å². The van der Waals surface area contributed by atoms with Crippen LogP contribution < -0.4 is 10.2 Å². The van der Waals surface area contributed by atoms with Gasteiger partial charge in [0.15, 0.2) is 0 Å². The van der Waals surface area contributed by atoms with Crippen molar-refractivity contribution < 1.29 is 22.8 Å². The van der Waals surface area contributed by atoms with Crippen LogP contribution in [0.1, 0.15) is 30.0 Å². The van der Waals surface area contributed by atoms with Crippen LogP contribution in [0.2, 0.25) is 0 Å². The lowest BCUT2D eigenvalue weighted by Gasteiger charge is -2.59. The van der Waals surface area contributed by atoms with Gasteiger partial charge in [-0.2, -0.15) is 13.2 Å². The Morgan fingerprint density at radius 2 is 1.43 bits per heavy atom. The molecule has 2 saturated heterocycles. The second-order valence-corrected chi connectivity index (χ2v) is 8.94. The number of amides is 3. The maximum Gasteiger partial charge on any atom is 0.418 e. The number of hydrogen-bond donors (Lipinski definition) is 1. The maximum atomic E-state index is 13.5. The van der Waals surface area contributed by atoms with Crippen LogP contribution in [0.15, 0.2) is 84.9 Å². The molecule has 5 rings (SSSR count). The van der Waals surface area contributed by atoms with E-state index in [4.69, 9.17) is 0 Å². The van der Waals surface area contributed by atoms with Crippen molar-refractivity contribution in [1.82, 2.24) is 4.90 Å². The van der Waals surface area contributed by atoms with E-state index in [2.05, 4.69) is 5.32 Å². The minimum Gasteiger partial charge on any atom is -0.324 e. The molecule has 3 aromatic rings. The van der Waals surface area contributed by atoms with Gasteiger partial charge in [-0.1, -0.05) is 60.7 Å². The largest absolute Gasteiger partial charge is 0.418 e. The molecule has 0 saturated carbocycles. The molecule has 1 atom stereocenters. The fourth-order valence-corrected chi connectivity index (χ4v) is 5.24. The van der Waals surface area contributed by atoms with Crippen molar-refractivity contribution in [2.24, 2.45) is 5.41 Å². The molecule has 3 aromatic carbocycles. The number of β-lactam (4-membered cyclic amide) rings is 1. The summed E-state index contributed by atoms with van der Waals surface area (Å²) >= 11 is 0. The van der Waals surface area contributed by atoms with E-state index in [-0.39, 0.29) is 30.7 Å². The highest BCUT2D eigenvalue weighted by atomic mass is 19.4. The monoisotopic (exact) mass is 479 g/mol. The van der Waals surface area contributed by atoms with E-state index in [9.17, 15) is 22.8 Å². The molecule has 2 aliphatic heterocycles. The smallest absolute Gasteiger partial charge is 0.324 e. The minimum atomic E-state index is -4.57. The second-order valence-electron chi connectivity index (χ2n) is 8.94. The fraction of sp³-hybridized carbons (Fsp3) is 0.259. The first-order chi connectivity index (χ1) is 16.8. The molecular weight excluding hydrogens is 455 g/mol. The van der Waals surface area contributed by atoms with Gasteiger partial charge in [0.1, 0.15) is 0 Å². The van der Waals surface area contributed by atoms with Crippen molar-refractivity contribution in [2.45, 2.75) is 25.1 Å². The van der Waals surface area contributed by atoms with E-state index < -0.39 is 23.2 Å². The maximum absolute atomic E-state index is 13.5. The molecule has 0 bridgehead atoms. The second kappa shape index (κ2) is 8.76. The molecule has 180 valence electrons. The number of hydrogen-bond acceptors (Lipinski definition) is 2. The molecule has 3 amide bonds. The number of carbonyl (C=O) groups is 2. The van der Waals surface area contributed by atoms with E-state index in [0.717, 1.165) is 17.3 Å². The van der Waals surface area contributed by atoms with Crippen molar-refractivity contribution in [1.29, 1.82) is 0 Å². The number of piperidine rings is 1. The number of para-hydroxylation sites is 2. The number of carbonyl (C=O) groups excluding carboxylic acids is 2. The summed E-state index contributed by atoms with van der Waals surface area (Å²) in [4.78, 5) is 29.7. The molecule has 0 aromatic heterocycles. The highest BCUT2D eigenvalue weighted by Gasteiger charge is 2.62. The summed E-state index contributed by atoms with van der Waals surface area (Å²) in [7, 11) is 0. The van der Waals surface area contributed by atoms with Crippen molar-refractivity contribution in [3.63, 3.8) is 0 Å². The van der Waals surface area contributed by atoms with Gasteiger partial charge in [0.05, 0.1) is 22.7 Å². The third-order valence-corrected chi connectivity index (χ3v) is 6.99. The molecule has 2 heterocycles. The van der Waals surface area contributed by atoms with Crippen LogP contribution in [0.4, 0.5) is 29.3 Å². The molecule has 2 fully saturated rings. The quantitative estimate of drug-likeness (QED) is 0.461. The number of halogens is 3. The average molecular weight is 480 g/mol. The van der Waals surface area contributed by atoms with Gasteiger partial charge < -0.3 is 15.1 Å². The first kappa shape index (κ1) is 23.0. The number of likely N-dealkylation sites (tertiary alicyclic amines) is 1. The average Bonchev–Trinajstić information content (AvgIpc) is 2.87. The molecular formula is C27H24F3N3O2. The van der Waals surface area contributed by atoms with Crippen LogP contribution in [-0.4, -0.2) is 29.9 Å². The van der Waals surface area contributed by atoms with Gasteiger partial charge in [0, 0.05) is 18.8 Å². The molecule has 1 unspecified atom stereocenters. The summed E-state index contributed by atoms with van der Waals surface area (Å²) in [5, 5.41) is 2.41. The van der Waals surface area contributed by atoms with E-state index >= 15 is 0 Å². The Labute approximate surface area is 201 Å². The number of nitrogens with one attached hydrogen (secondary N) is 1. The van der Waals surface area contributed by atoms with E-state index in [0.29, 0.717) is 12.8 Å². The van der Waals surface area contributed by atoms with Gasteiger partial charge in [-0.3, -0.25) is 4.79 Å². The Morgan fingerprint density at radius 1 is 0.857 bits per heavy atom. The first-order valence-electron chi connectivity index (χ1n) is 11.5. The third-order valence-electron chi connectivity index (χ3n) is 6.99. The van der Waals surface area contributed by atoms with Crippen LogP contribution >= 0.6 is 0 Å². The normalized spacial score (nSPS) is 19.4. The summed E-state index contributed by atoms with van der Waals surface area (Å²) in [6.07, 6.45) is -3.70. The molecule has 1 spiro atoms. The predicted molar refractivity (Wildman–Crippen MR) is 127 cm³/mol. The highest BCUT2D eigenvalue weighted by Crippen LogP contribution is 2.57. The molecule has 2 aliphatic rings. The summed E-state index contributed by atoms with van der Waals surface area (Å²) in [6, 6.07) is 23.4. The Kier molecular flexibility index (Phi) is 5.75. The molecule has 8 heteroatoms. The number of nitrogens with zero attached hydrogens (tertiary/aromatic N) is 2. The number of alkyl halides is 3. The summed E-state index contributed by atoms with van der Waals surface area (Å²) in [5.74, 6) is 0.0139. The first-order valence-corrected chi connectivity index (χ1v) is 11.5. The zero-order chi connectivity index (χ0) is 24.6. The number of benzene rings is 3. The Morgan fingerprint density at radius 3 is 2.06 bits per heavy atom. The van der Waals surface area contributed by atoms with Crippen molar-refractivity contribution >= 4 is 23.3 Å². The van der Waals surface area contributed by atoms with E-state index in [1.807, 2.05) is 65.6 Å². The molecule has 0 aliphatic carbocycles. The van der Waals surface area contributed by atoms with Crippen molar-refractivity contribution in [3.05, 3.63) is 96.1 Å². The molecule has 0 radical (unpaired) electrons. The van der Waals surface area contributed by atoms with E-state index in [1.165, 1.54) is 23.1 Å². The summed E-state index contributed by atoms with van der Waals surface area (Å²) in [5.41, 5.74) is 0.0210. The van der Waals surface area contributed by atoms with Crippen LogP contribution in [0.3, 0.4) is 0 Å². The lowest BCUT2D eigenvalue weighted by atomic mass is 9.62. The third kappa shape index (κ3) is 4.03. The number of anilines is 2. The fourth-order valence-electron chi connectivity index (χ4n) is 5.24. The SMILES string of the molecule is O=C(Nc1ccccc1C(F)(F)F)N1CCC2(CC1)C(=O)N(c1ccccc1)C2c1ccccc1. The topological polar surface area (TPSA) is 52.7 Å². The Hall–Kier alpha value is -3.81. The Bertz CT molecular complexity index is 1220. The number of rotatable bonds is 3. The molecule has 1 N–H and O–H groups in total. The zero-order valence-electron chi connectivity index (χ0n) is 18.8. The number of urea groups is 1. The van der Waals surface area contributed by atoms with Crippen LogP contribution in [0, 0.1) is 5.41 Å². The molecule has 5 nitrogen and oxygen atoms in total. The summed E-state index contributed by atoms with van der Waals surface area (Å²) in [6.45, 7) is 0.551. The van der Waals surface area contributed by atoms with Crippen LogP contribution in [0.25, 0.3) is 0 Å². The lowest BCUT2D eigenvalue weighted by molar-refractivity contribution is -0.144. The van der Waals surface area contributed by atoms with Gasteiger partial charge in [-0.25, -0.2) is 4.79 Å². The lowest BCUT2D eigenvalue weighted by Crippen LogP contribution is -2.67. The van der Waals surface area contributed by atoms with Crippen LogP contribution in [-0.2, 0) is 11.0 Å². The van der Waals surface area contributed by atoms with Gasteiger partial charge >= 0.3 is 12.2 Å². The molecule has 35 heavy (non-hydrogen) atoms. The summed E-state index contributed by atoms with van der Waals surface area (Å²) < 4.78 is 39.9. The van der Waals surface area contributed by atoms with Crippen molar-refractivity contribution in [3.8, 4) is 0 Å². The van der Waals surface area contributed by atoms with Gasteiger partial charge in [0.2, 0.25) is 5.91 Å². The van der Waals surface area contributed by atoms with Gasteiger partial charge in [0.25, 0.3) is 0 Å². The van der Waals surface area contributed by atoms with Crippen LogP contribution in [0.5, 0.6) is 0 Å². The predicted octanol–water partition coefficient (Wildman–Crippen LogP) is 6.11. The standard InChI is InChI=1S/C27H24F3N3O2/c28-27(29,30)21-13-7-8-14-22(21)31-25(35)32-17-15-26(16-18-32)23(19-9-3-1-4-10-19)33(24(26)34)20-11-5-2-6-12-20/h1-14,23H,15-18H2,(H,31,35). The van der Waals surface area contributed by atoms with Gasteiger partial charge in [-0.15, -0.1) is 0 Å².